The van der Waals surface area contributed by atoms with E-state index in [1.807, 2.05) is 6.07 Å². The van der Waals surface area contributed by atoms with Crippen LogP contribution in [-0.4, -0.2) is 4.57 Å². The van der Waals surface area contributed by atoms with Crippen molar-refractivity contribution in [1.29, 1.82) is 0 Å². The highest BCUT2D eigenvalue weighted by atomic mass is 35.5. The molecule has 1 saturated carbocycles. The molecule has 0 aromatic carbocycles. The van der Waals surface area contributed by atoms with Gasteiger partial charge >= 0.3 is 0 Å². The maximum Gasteiger partial charge on any atom is 0.0582 e. The first kappa shape index (κ1) is 10.1. The number of nitrogens with zero attached hydrogens (tertiary/aromatic N) is 1. The maximum absolute atomic E-state index is 5.93. The molecule has 1 fully saturated rings. The predicted octanol–water partition coefficient (Wildman–Crippen LogP) is 4.43. The van der Waals surface area contributed by atoms with E-state index in [-0.39, 0.29) is 0 Å². The largest absolute Gasteiger partial charge is 0.350 e. The smallest absolute Gasteiger partial charge is 0.0582 e. The molecule has 0 saturated heterocycles. The van der Waals surface area contributed by atoms with Gasteiger partial charge in [0.25, 0.3) is 0 Å². The van der Waals surface area contributed by atoms with Crippen LogP contribution < -0.4 is 0 Å². The third-order valence-electron chi connectivity index (χ3n) is 3.17. The summed E-state index contributed by atoms with van der Waals surface area (Å²) in [5.41, 5.74) is 0. The molecule has 78 valence electrons. The first-order valence-corrected chi connectivity index (χ1v) is 6.07. The van der Waals surface area contributed by atoms with Crippen LogP contribution in [0, 0.1) is 0 Å². The monoisotopic (exact) mass is 211 g/mol. The van der Waals surface area contributed by atoms with Crippen molar-refractivity contribution in [2.45, 2.75) is 51.0 Å². The van der Waals surface area contributed by atoms with Crippen LogP contribution in [0.25, 0.3) is 0 Å². The summed E-state index contributed by atoms with van der Waals surface area (Å²) in [6.07, 6.45) is 13.8. The lowest BCUT2D eigenvalue weighted by atomic mass is 9.97. The summed E-state index contributed by atoms with van der Waals surface area (Å²) in [4.78, 5) is 0. The molecule has 1 nitrogen and oxygen atoms in total. The van der Waals surface area contributed by atoms with Crippen LogP contribution >= 0.6 is 11.6 Å². The van der Waals surface area contributed by atoms with Gasteiger partial charge in [0.2, 0.25) is 0 Å². The van der Waals surface area contributed by atoms with E-state index < -0.39 is 0 Å². The fourth-order valence-corrected chi connectivity index (χ4v) is 2.51. The second kappa shape index (κ2) is 4.88. The Morgan fingerprint density at radius 3 is 2.29 bits per heavy atom. The van der Waals surface area contributed by atoms with Crippen molar-refractivity contribution >= 4 is 11.6 Å². The first-order chi connectivity index (χ1) is 6.86. The lowest BCUT2D eigenvalue weighted by Crippen LogP contribution is -2.08. The fourth-order valence-electron chi connectivity index (χ4n) is 2.35. The second-order valence-electron chi connectivity index (χ2n) is 4.28. The van der Waals surface area contributed by atoms with E-state index in [4.69, 9.17) is 11.6 Å². The molecule has 0 unspecified atom stereocenters. The number of aromatic nitrogens is 1. The highest BCUT2D eigenvalue weighted by Crippen LogP contribution is 2.27. The van der Waals surface area contributed by atoms with Crippen LogP contribution in [-0.2, 0) is 0 Å². The summed E-state index contributed by atoms with van der Waals surface area (Å²) in [6.45, 7) is 0. The molecule has 0 N–H and O–H groups in total. The average Bonchev–Trinajstić information content (AvgIpc) is 2.51. The van der Waals surface area contributed by atoms with Crippen LogP contribution in [0.1, 0.15) is 51.0 Å². The van der Waals surface area contributed by atoms with Crippen molar-refractivity contribution in [3.8, 4) is 0 Å². The molecular formula is C12H18ClN. The summed E-state index contributed by atoms with van der Waals surface area (Å²) in [5, 5.41) is 0.868. The third-order valence-corrected chi connectivity index (χ3v) is 3.40. The molecular weight excluding hydrogens is 194 g/mol. The van der Waals surface area contributed by atoms with Gasteiger partial charge in [-0.15, -0.1) is 0 Å². The summed E-state index contributed by atoms with van der Waals surface area (Å²) in [6, 6.07) is 2.68. The Morgan fingerprint density at radius 2 is 1.71 bits per heavy atom. The second-order valence-corrected chi connectivity index (χ2v) is 4.71. The molecule has 2 rings (SSSR count). The van der Waals surface area contributed by atoms with Gasteiger partial charge in [0.05, 0.1) is 5.02 Å². The van der Waals surface area contributed by atoms with Gasteiger partial charge in [-0.1, -0.05) is 43.7 Å². The van der Waals surface area contributed by atoms with Crippen LogP contribution in [0.2, 0.25) is 5.02 Å². The van der Waals surface area contributed by atoms with Crippen molar-refractivity contribution in [1.82, 2.24) is 4.57 Å². The topological polar surface area (TPSA) is 4.93 Å². The van der Waals surface area contributed by atoms with Gasteiger partial charge in [0, 0.05) is 18.4 Å². The van der Waals surface area contributed by atoms with E-state index in [0.717, 1.165) is 5.02 Å². The Morgan fingerprint density at radius 1 is 1.07 bits per heavy atom. The van der Waals surface area contributed by atoms with Gasteiger partial charge in [0.15, 0.2) is 0 Å². The Labute approximate surface area is 91.1 Å². The molecule has 0 bridgehead atoms. The molecule has 1 aliphatic carbocycles. The van der Waals surface area contributed by atoms with Crippen LogP contribution in [0.5, 0.6) is 0 Å². The van der Waals surface area contributed by atoms with Gasteiger partial charge < -0.3 is 4.57 Å². The summed E-state index contributed by atoms with van der Waals surface area (Å²) >= 11 is 5.93. The van der Waals surface area contributed by atoms with Gasteiger partial charge in [-0.05, 0) is 18.9 Å². The van der Waals surface area contributed by atoms with Crippen molar-refractivity contribution in [2.24, 2.45) is 0 Å². The van der Waals surface area contributed by atoms with Crippen LogP contribution in [0.15, 0.2) is 18.5 Å². The van der Waals surface area contributed by atoms with Gasteiger partial charge in [-0.2, -0.15) is 0 Å². The third kappa shape index (κ3) is 2.54. The minimum Gasteiger partial charge on any atom is -0.350 e. The lowest BCUT2D eigenvalue weighted by molar-refractivity contribution is 0.373. The van der Waals surface area contributed by atoms with Crippen LogP contribution in [0.3, 0.4) is 0 Å². The van der Waals surface area contributed by atoms with Crippen molar-refractivity contribution in [2.75, 3.05) is 0 Å². The molecule has 2 heteroatoms. The lowest BCUT2D eigenvalue weighted by Gasteiger charge is -2.21. The molecule has 0 spiro atoms. The first-order valence-electron chi connectivity index (χ1n) is 5.69. The Bertz CT molecular complexity index is 272. The van der Waals surface area contributed by atoms with E-state index in [9.17, 15) is 0 Å². The van der Waals surface area contributed by atoms with Crippen molar-refractivity contribution in [3.05, 3.63) is 23.5 Å². The maximum atomic E-state index is 5.93. The van der Waals surface area contributed by atoms with E-state index in [1.165, 1.54) is 44.9 Å². The molecule has 14 heavy (non-hydrogen) atoms. The number of hydrogen-bond acceptors (Lipinski definition) is 0. The van der Waals surface area contributed by atoms with E-state index in [0.29, 0.717) is 6.04 Å². The highest BCUT2D eigenvalue weighted by molar-refractivity contribution is 6.30. The Hall–Kier alpha value is -0.430. The van der Waals surface area contributed by atoms with E-state index in [1.54, 1.807) is 0 Å². The quantitative estimate of drug-likeness (QED) is 0.648. The summed E-state index contributed by atoms with van der Waals surface area (Å²) in [7, 11) is 0. The SMILES string of the molecule is Clc1ccn(C2CCCCCCC2)c1. The van der Waals surface area contributed by atoms with Crippen molar-refractivity contribution in [3.63, 3.8) is 0 Å². The predicted molar refractivity (Wildman–Crippen MR) is 60.8 cm³/mol. The minimum absolute atomic E-state index is 0.697. The number of rotatable bonds is 1. The van der Waals surface area contributed by atoms with Gasteiger partial charge in [-0.3, -0.25) is 0 Å². The number of hydrogen-bond donors (Lipinski definition) is 0. The highest BCUT2D eigenvalue weighted by Gasteiger charge is 2.12. The molecule has 0 amide bonds. The van der Waals surface area contributed by atoms with E-state index in [2.05, 4.69) is 17.0 Å². The standard InChI is InChI=1S/C12H18ClN/c13-11-8-9-14(10-11)12-6-4-2-1-3-5-7-12/h8-10,12H,1-7H2. The summed E-state index contributed by atoms with van der Waals surface area (Å²) in [5.74, 6) is 0. The van der Waals surface area contributed by atoms with Gasteiger partial charge in [0.1, 0.15) is 0 Å². The van der Waals surface area contributed by atoms with Crippen molar-refractivity contribution < 1.29 is 0 Å². The molecule has 1 aliphatic rings. The molecule has 1 aromatic rings. The fraction of sp³-hybridized carbons (Fsp3) is 0.667. The molecule has 1 aromatic heterocycles. The van der Waals surface area contributed by atoms with Gasteiger partial charge in [-0.25, -0.2) is 0 Å². The van der Waals surface area contributed by atoms with E-state index >= 15 is 0 Å². The average molecular weight is 212 g/mol. The zero-order chi connectivity index (χ0) is 9.80. The normalized spacial score (nSPS) is 20.4. The molecule has 1 heterocycles. The molecule has 0 atom stereocenters. The summed E-state index contributed by atoms with van der Waals surface area (Å²) < 4.78 is 2.30. The Balaban J connectivity index is 2.00. The molecule has 0 radical (unpaired) electrons. The zero-order valence-electron chi connectivity index (χ0n) is 8.58. The van der Waals surface area contributed by atoms with Crippen LogP contribution in [0.4, 0.5) is 0 Å². The molecule has 0 aliphatic heterocycles. The minimum atomic E-state index is 0.697. The number of halogens is 1. The Kier molecular flexibility index (Phi) is 3.52. The zero-order valence-corrected chi connectivity index (χ0v) is 9.34.